The minimum Gasteiger partial charge on any atom is -0.497 e. The van der Waals surface area contributed by atoms with Crippen molar-refractivity contribution in [2.45, 2.75) is 6.92 Å². The highest BCUT2D eigenvalue weighted by Gasteiger charge is 2.09. The number of nitrogens with zero attached hydrogens (tertiary/aromatic N) is 3. The molecule has 0 saturated heterocycles. The number of anilines is 2. The van der Waals surface area contributed by atoms with Gasteiger partial charge in [0.15, 0.2) is 5.82 Å². The molecule has 0 fully saturated rings. The largest absolute Gasteiger partial charge is 0.497 e. The second kappa shape index (κ2) is 6.01. The Morgan fingerprint density at radius 3 is 2.48 bits per heavy atom. The molecule has 0 aliphatic rings. The van der Waals surface area contributed by atoms with Gasteiger partial charge < -0.3 is 14.6 Å². The van der Waals surface area contributed by atoms with E-state index in [0.29, 0.717) is 0 Å². The van der Waals surface area contributed by atoms with E-state index < -0.39 is 0 Å². The van der Waals surface area contributed by atoms with Crippen molar-refractivity contribution in [2.24, 2.45) is 7.05 Å². The summed E-state index contributed by atoms with van der Waals surface area (Å²) in [6.45, 7) is 1.89. The number of fused-ring (bicyclic) bond motifs is 1. The van der Waals surface area contributed by atoms with E-state index in [4.69, 9.17) is 4.74 Å². The minimum absolute atomic E-state index is 0. The van der Waals surface area contributed by atoms with Crippen LogP contribution in [-0.2, 0) is 7.05 Å². The lowest BCUT2D eigenvalue weighted by Gasteiger charge is -2.10. The van der Waals surface area contributed by atoms with Crippen molar-refractivity contribution in [3.63, 3.8) is 0 Å². The molecule has 0 aliphatic carbocycles. The fourth-order valence-electron chi connectivity index (χ4n) is 2.21. The summed E-state index contributed by atoms with van der Waals surface area (Å²) < 4.78 is 7.17. The van der Waals surface area contributed by atoms with Crippen molar-refractivity contribution < 1.29 is 4.74 Å². The molecule has 0 bridgehead atoms. The topological polar surface area (TPSA) is 52.0 Å². The first-order valence-electron chi connectivity index (χ1n) is 6.38. The average molecular weight is 305 g/mol. The summed E-state index contributed by atoms with van der Waals surface area (Å²) in [6.07, 6.45) is 1.98. The molecule has 3 aromatic rings. The van der Waals surface area contributed by atoms with Gasteiger partial charge in [-0.2, -0.15) is 0 Å². The van der Waals surface area contributed by atoms with Gasteiger partial charge in [0.05, 0.1) is 12.6 Å². The molecule has 2 heterocycles. The van der Waals surface area contributed by atoms with Crippen LogP contribution in [0.2, 0.25) is 0 Å². The van der Waals surface area contributed by atoms with E-state index >= 15 is 0 Å². The zero-order valence-corrected chi connectivity index (χ0v) is 12.9. The Morgan fingerprint density at radius 2 is 1.81 bits per heavy atom. The third-order valence-electron chi connectivity index (χ3n) is 3.18. The number of rotatable bonds is 3. The number of hydrogen-bond donors (Lipinski definition) is 1. The Morgan fingerprint density at radius 1 is 1.10 bits per heavy atom. The lowest BCUT2D eigenvalue weighted by atomic mass is 10.3. The van der Waals surface area contributed by atoms with Crippen molar-refractivity contribution in [2.75, 3.05) is 12.4 Å². The second-order valence-corrected chi connectivity index (χ2v) is 4.63. The van der Waals surface area contributed by atoms with Crippen LogP contribution in [0.4, 0.5) is 11.5 Å². The summed E-state index contributed by atoms with van der Waals surface area (Å²) in [5.41, 5.74) is 2.90. The third kappa shape index (κ3) is 2.92. The summed E-state index contributed by atoms with van der Waals surface area (Å²) in [5.74, 6) is 2.39. The summed E-state index contributed by atoms with van der Waals surface area (Å²) in [6, 6.07) is 9.75. The van der Waals surface area contributed by atoms with Gasteiger partial charge in [0.1, 0.15) is 17.1 Å². The van der Waals surface area contributed by atoms with E-state index in [1.54, 1.807) is 7.11 Å². The van der Waals surface area contributed by atoms with Crippen LogP contribution in [0.1, 0.15) is 5.82 Å². The highest BCUT2D eigenvalue weighted by molar-refractivity contribution is 5.88. The average Bonchev–Trinajstić information content (AvgIpc) is 2.81. The van der Waals surface area contributed by atoms with Crippen LogP contribution < -0.4 is 10.1 Å². The summed E-state index contributed by atoms with van der Waals surface area (Å²) >= 11 is 0. The Bertz CT molecular complexity index is 752. The van der Waals surface area contributed by atoms with Crippen LogP contribution >= 0.6 is 12.4 Å². The molecule has 0 radical (unpaired) electrons. The molecule has 3 rings (SSSR count). The first kappa shape index (κ1) is 15.1. The van der Waals surface area contributed by atoms with Crippen molar-refractivity contribution in [3.8, 4) is 5.75 Å². The van der Waals surface area contributed by atoms with Crippen LogP contribution in [0.5, 0.6) is 5.75 Å². The van der Waals surface area contributed by atoms with Crippen LogP contribution in [0, 0.1) is 6.92 Å². The summed E-state index contributed by atoms with van der Waals surface area (Å²) in [5, 5.41) is 3.34. The third-order valence-corrected chi connectivity index (χ3v) is 3.18. The SMILES string of the molecule is COc1ccc(Nc2nc(C)nc3ccn(C)c23)cc1.Cl. The minimum atomic E-state index is 0. The van der Waals surface area contributed by atoms with Gasteiger partial charge in [-0.15, -0.1) is 12.4 Å². The molecule has 110 valence electrons. The van der Waals surface area contributed by atoms with Crippen molar-refractivity contribution in [1.82, 2.24) is 14.5 Å². The smallest absolute Gasteiger partial charge is 0.158 e. The van der Waals surface area contributed by atoms with Gasteiger partial charge in [0.25, 0.3) is 0 Å². The number of ether oxygens (including phenoxy) is 1. The maximum atomic E-state index is 5.16. The van der Waals surface area contributed by atoms with E-state index in [9.17, 15) is 0 Å². The van der Waals surface area contributed by atoms with E-state index in [2.05, 4.69) is 15.3 Å². The molecular formula is C15H17ClN4O. The van der Waals surface area contributed by atoms with E-state index in [1.165, 1.54) is 0 Å². The standard InChI is InChI=1S/C15H16N4O.ClH/c1-10-16-13-8-9-19(2)14(13)15(17-10)18-11-4-6-12(20-3)7-5-11;/h4-9H,1-3H3,(H,16,17,18);1H. The zero-order valence-electron chi connectivity index (χ0n) is 12.1. The van der Waals surface area contributed by atoms with Gasteiger partial charge in [0.2, 0.25) is 0 Å². The fraction of sp³-hybridized carbons (Fsp3) is 0.200. The molecule has 0 amide bonds. The van der Waals surface area contributed by atoms with Gasteiger partial charge in [-0.3, -0.25) is 0 Å². The number of halogens is 1. The molecule has 0 unspecified atom stereocenters. The molecule has 2 aromatic heterocycles. The van der Waals surface area contributed by atoms with Gasteiger partial charge in [-0.1, -0.05) is 0 Å². The number of benzene rings is 1. The number of aromatic nitrogens is 3. The van der Waals surface area contributed by atoms with Gasteiger partial charge in [-0.05, 0) is 37.3 Å². The van der Waals surface area contributed by atoms with E-state index in [0.717, 1.165) is 34.1 Å². The van der Waals surface area contributed by atoms with Crippen molar-refractivity contribution >= 4 is 34.9 Å². The van der Waals surface area contributed by atoms with E-state index in [1.807, 2.05) is 55.1 Å². The fourth-order valence-corrected chi connectivity index (χ4v) is 2.21. The Kier molecular flexibility index (Phi) is 4.33. The first-order chi connectivity index (χ1) is 9.67. The quantitative estimate of drug-likeness (QED) is 0.805. The lowest BCUT2D eigenvalue weighted by Crippen LogP contribution is -2.00. The Hall–Kier alpha value is -2.27. The molecule has 1 aromatic carbocycles. The Labute approximate surface area is 129 Å². The first-order valence-corrected chi connectivity index (χ1v) is 6.38. The maximum Gasteiger partial charge on any atom is 0.158 e. The van der Waals surface area contributed by atoms with Crippen molar-refractivity contribution in [3.05, 3.63) is 42.4 Å². The molecule has 6 heteroatoms. The van der Waals surface area contributed by atoms with Crippen LogP contribution in [-0.4, -0.2) is 21.6 Å². The van der Waals surface area contributed by atoms with Crippen molar-refractivity contribution in [1.29, 1.82) is 0 Å². The predicted octanol–water partition coefficient (Wildman–Crippen LogP) is 3.45. The summed E-state index contributed by atoms with van der Waals surface area (Å²) in [4.78, 5) is 8.93. The number of methoxy groups -OCH3 is 1. The Balaban J connectivity index is 0.00000161. The van der Waals surface area contributed by atoms with Crippen LogP contribution in [0.15, 0.2) is 36.5 Å². The molecule has 0 spiro atoms. The molecule has 0 aliphatic heterocycles. The van der Waals surface area contributed by atoms with Crippen LogP contribution in [0.25, 0.3) is 11.0 Å². The monoisotopic (exact) mass is 304 g/mol. The molecule has 1 N–H and O–H groups in total. The van der Waals surface area contributed by atoms with Gasteiger partial charge >= 0.3 is 0 Å². The van der Waals surface area contributed by atoms with Gasteiger partial charge in [0, 0.05) is 18.9 Å². The summed E-state index contributed by atoms with van der Waals surface area (Å²) in [7, 11) is 3.64. The molecule has 5 nitrogen and oxygen atoms in total. The van der Waals surface area contributed by atoms with E-state index in [-0.39, 0.29) is 12.4 Å². The highest BCUT2D eigenvalue weighted by Crippen LogP contribution is 2.25. The van der Waals surface area contributed by atoms with Crippen LogP contribution in [0.3, 0.4) is 0 Å². The number of aryl methyl sites for hydroxylation is 2. The lowest BCUT2D eigenvalue weighted by molar-refractivity contribution is 0.415. The zero-order chi connectivity index (χ0) is 14.1. The molecule has 21 heavy (non-hydrogen) atoms. The molecule has 0 saturated carbocycles. The van der Waals surface area contributed by atoms with Gasteiger partial charge in [-0.25, -0.2) is 9.97 Å². The second-order valence-electron chi connectivity index (χ2n) is 4.63. The maximum absolute atomic E-state index is 5.16. The highest BCUT2D eigenvalue weighted by atomic mass is 35.5. The molecule has 0 atom stereocenters. The molecular weight excluding hydrogens is 288 g/mol. The number of nitrogens with one attached hydrogen (secondary N) is 1. The number of hydrogen-bond acceptors (Lipinski definition) is 4. The predicted molar refractivity (Wildman–Crippen MR) is 86.8 cm³/mol. The normalized spacial score (nSPS) is 10.2.